The number of alkyl halides is 3. The molecule has 3 nitrogen and oxygen atoms in total. The van der Waals surface area contributed by atoms with Gasteiger partial charge in [-0.2, -0.15) is 13.2 Å². The van der Waals surface area contributed by atoms with Crippen LogP contribution in [0.2, 0.25) is 0 Å². The molecule has 1 saturated carbocycles. The molecule has 26 heavy (non-hydrogen) atoms. The van der Waals surface area contributed by atoms with Crippen LogP contribution < -0.4 is 4.74 Å². The van der Waals surface area contributed by atoms with E-state index in [-0.39, 0.29) is 6.42 Å². The van der Waals surface area contributed by atoms with Gasteiger partial charge in [0.1, 0.15) is 5.75 Å². The molecule has 144 valence electrons. The summed E-state index contributed by atoms with van der Waals surface area (Å²) in [6.45, 7) is 1.64. The van der Waals surface area contributed by atoms with Crippen molar-refractivity contribution in [3.05, 3.63) is 35.9 Å². The number of aliphatic hydroxyl groups is 1. The molecule has 2 rings (SSSR count). The fourth-order valence-electron chi connectivity index (χ4n) is 3.04. The van der Waals surface area contributed by atoms with Crippen molar-refractivity contribution in [2.75, 3.05) is 0 Å². The van der Waals surface area contributed by atoms with Crippen LogP contribution in [0.4, 0.5) is 13.2 Å². The van der Waals surface area contributed by atoms with Gasteiger partial charge < -0.3 is 9.84 Å². The Hall–Kier alpha value is -1.82. The predicted molar refractivity (Wildman–Crippen MR) is 93.9 cm³/mol. The standard InChI is InChI=1S/C20H25F3O3/c1-15(8-9-18(24)20(21,22)23)26-17-7-5-6-16(14-17)10-13-19(25)11-3-2-4-12-19/h5-7,10,13-15,25H,2-4,8-9,11-12H2,1H3/b13-10+/t15-/m0/s1. The summed E-state index contributed by atoms with van der Waals surface area (Å²) in [5, 5.41) is 10.5. The van der Waals surface area contributed by atoms with Crippen molar-refractivity contribution in [1.82, 2.24) is 0 Å². The minimum atomic E-state index is -4.79. The van der Waals surface area contributed by atoms with E-state index in [1.54, 1.807) is 25.1 Å². The molecule has 1 aromatic rings. The highest BCUT2D eigenvalue weighted by Gasteiger charge is 2.37. The molecule has 0 aromatic heterocycles. The molecule has 0 saturated heterocycles. The van der Waals surface area contributed by atoms with Gasteiger partial charge in [0, 0.05) is 6.42 Å². The van der Waals surface area contributed by atoms with Gasteiger partial charge in [0.05, 0.1) is 11.7 Å². The van der Waals surface area contributed by atoms with E-state index in [9.17, 15) is 23.1 Å². The largest absolute Gasteiger partial charge is 0.491 e. The van der Waals surface area contributed by atoms with Gasteiger partial charge in [-0.1, -0.05) is 43.5 Å². The zero-order valence-corrected chi connectivity index (χ0v) is 14.9. The van der Waals surface area contributed by atoms with Crippen molar-refractivity contribution in [1.29, 1.82) is 0 Å². The Morgan fingerprint density at radius 2 is 2.00 bits per heavy atom. The van der Waals surface area contributed by atoms with E-state index in [1.807, 2.05) is 18.2 Å². The minimum absolute atomic E-state index is 0.00182. The highest BCUT2D eigenvalue weighted by Crippen LogP contribution is 2.30. The first kappa shape index (κ1) is 20.5. The van der Waals surface area contributed by atoms with Gasteiger partial charge in [0.15, 0.2) is 0 Å². The molecule has 0 aliphatic heterocycles. The van der Waals surface area contributed by atoms with Crippen LogP contribution in [0.25, 0.3) is 6.08 Å². The van der Waals surface area contributed by atoms with E-state index in [0.717, 1.165) is 37.7 Å². The second-order valence-corrected chi connectivity index (χ2v) is 6.96. The lowest BCUT2D eigenvalue weighted by atomic mass is 9.84. The summed E-state index contributed by atoms with van der Waals surface area (Å²) in [7, 11) is 0. The van der Waals surface area contributed by atoms with Crippen LogP contribution in [0.5, 0.6) is 5.75 Å². The molecule has 0 heterocycles. The number of benzene rings is 1. The zero-order valence-electron chi connectivity index (χ0n) is 14.9. The molecular formula is C20H25F3O3. The topological polar surface area (TPSA) is 46.5 Å². The molecule has 0 bridgehead atoms. The monoisotopic (exact) mass is 370 g/mol. The Labute approximate surface area is 151 Å². The van der Waals surface area contributed by atoms with Crippen LogP contribution >= 0.6 is 0 Å². The van der Waals surface area contributed by atoms with Gasteiger partial charge in [0.2, 0.25) is 5.78 Å². The first-order valence-electron chi connectivity index (χ1n) is 8.96. The quantitative estimate of drug-likeness (QED) is 0.729. The third-order valence-electron chi connectivity index (χ3n) is 4.59. The SMILES string of the molecule is C[C@@H](CCC(=O)C(F)(F)F)Oc1cccc(/C=C/C2(O)CCCCC2)c1. The fraction of sp³-hybridized carbons (Fsp3) is 0.550. The van der Waals surface area contributed by atoms with Crippen molar-refractivity contribution in [2.24, 2.45) is 0 Å². The van der Waals surface area contributed by atoms with Crippen molar-refractivity contribution < 1.29 is 27.8 Å². The normalized spacial score (nSPS) is 18.7. The summed E-state index contributed by atoms with van der Waals surface area (Å²) >= 11 is 0. The Morgan fingerprint density at radius 1 is 1.31 bits per heavy atom. The highest BCUT2D eigenvalue weighted by atomic mass is 19.4. The lowest BCUT2D eigenvalue weighted by molar-refractivity contribution is -0.171. The third kappa shape index (κ3) is 6.48. The summed E-state index contributed by atoms with van der Waals surface area (Å²) in [5.41, 5.74) is 0.0838. The molecule has 1 atom stereocenters. The number of ether oxygens (including phenoxy) is 1. The Bertz CT molecular complexity index is 631. The molecule has 0 radical (unpaired) electrons. The first-order valence-corrected chi connectivity index (χ1v) is 8.96. The van der Waals surface area contributed by atoms with E-state index in [2.05, 4.69) is 0 Å². The number of ketones is 1. The van der Waals surface area contributed by atoms with Gasteiger partial charge in [-0.15, -0.1) is 0 Å². The summed E-state index contributed by atoms with van der Waals surface area (Å²) in [6.07, 6.45) is 2.45. The van der Waals surface area contributed by atoms with E-state index < -0.39 is 30.1 Å². The van der Waals surface area contributed by atoms with Crippen LogP contribution in [0.1, 0.15) is 57.4 Å². The molecule has 1 N–H and O–H groups in total. The van der Waals surface area contributed by atoms with E-state index in [1.165, 1.54) is 0 Å². The number of rotatable bonds is 7. The average Bonchev–Trinajstić information content (AvgIpc) is 2.58. The van der Waals surface area contributed by atoms with Gasteiger partial charge >= 0.3 is 6.18 Å². The van der Waals surface area contributed by atoms with Gasteiger partial charge in [-0.3, -0.25) is 4.79 Å². The molecule has 6 heteroatoms. The van der Waals surface area contributed by atoms with E-state index >= 15 is 0 Å². The molecule has 0 unspecified atom stereocenters. The molecular weight excluding hydrogens is 345 g/mol. The smallest absolute Gasteiger partial charge is 0.449 e. The molecule has 1 fully saturated rings. The van der Waals surface area contributed by atoms with Crippen molar-refractivity contribution in [3.8, 4) is 5.75 Å². The van der Waals surface area contributed by atoms with Gasteiger partial charge in [-0.05, 0) is 43.9 Å². The number of Topliss-reactive ketones (excluding diaryl/α,β-unsaturated/α-hetero) is 1. The summed E-state index contributed by atoms with van der Waals surface area (Å²) in [6, 6.07) is 7.14. The number of halogens is 3. The average molecular weight is 370 g/mol. The highest BCUT2D eigenvalue weighted by molar-refractivity contribution is 5.83. The lowest BCUT2D eigenvalue weighted by Gasteiger charge is -2.28. The predicted octanol–water partition coefficient (Wildman–Crippen LogP) is 5.07. The number of hydrogen-bond acceptors (Lipinski definition) is 3. The van der Waals surface area contributed by atoms with Crippen LogP contribution in [0.3, 0.4) is 0 Å². The van der Waals surface area contributed by atoms with Crippen molar-refractivity contribution in [3.63, 3.8) is 0 Å². The number of hydrogen-bond donors (Lipinski definition) is 1. The van der Waals surface area contributed by atoms with E-state index in [0.29, 0.717) is 5.75 Å². The second kappa shape index (κ2) is 8.71. The van der Waals surface area contributed by atoms with Crippen molar-refractivity contribution >= 4 is 11.9 Å². The summed E-state index contributed by atoms with van der Waals surface area (Å²) in [5.74, 6) is -1.21. The second-order valence-electron chi connectivity index (χ2n) is 6.96. The van der Waals surface area contributed by atoms with Gasteiger partial charge in [0.25, 0.3) is 0 Å². The Morgan fingerprint density at radius 3 is 2.65 bits per heavy atom. The first-order chi connectivity index (χ1) is 12.2. The zero-order chi connectivity index (χ0) is 19.2. The molecule has 1 aliphatic rings. The van der Waals surface area contributed by atoms with Crippen LogP contribution in [-0.2, 0) is 4.79 Å². The maximum atomic E-state index is 12.2. The summed E-state index contributed by atoms with van der Waals surface area (Å²) < 4.78 is 42.3. The number of carbonyl (C=O) groups excluding carboxylic acids is 1. The van der Waals surface area contributed by atoms with Crippen LogP contribution in [0, 0.1) is 0 Å². The Kier molecular flexibility index (Phi) is 6.87. The third-order valence-corrected chi connectivity index (χ3v) is 4.59. The Balaban J connectivity index is 1.91. The maximum Gasteiger partial charge on any atom is 0.449 e. The van der Waals surface area contributed by atoms with Crippen LogP contribution in [0.15, 0.2) is 30.3 Å². The van der Waals surface area contributed by atoms with Crippen molar-refractivity contribution in [2.45, 2.75) is 69.8 Å². The molecule has 1 aromatic carbocycles. The lowest BCUT2D eigenvalue weighted by Crippen LogP contribution is -2.28. The minimum Gasteiger partial charge on any atom is -0.491 e. The fourth-order valence-corrected chi connectivity index (χ4v) is 3.04. The molecule has 0 amide bonds. The summed E-state index contributed by atoms with van der Waals surface area (Å²) in [4.78, 5) is 10.9. The maximum absolute atomic E-state index is 12.2. The van der Waals surface area contributed by atoms with E-state index in [4.69, 9.17) is 4.74 Å². The molecule has 1 aliphatic carbocycles. The van der Waals surface area contributed by atoms with Crippen LogP contribution in [-0.4, -0.2) is 28.8 Å². The molecule has 0 spiro atoms. The van der Waals surface area contributed by atoms with Gasteiger partial charge in [-0.25, -0.2) is 0 Å². The number of carbonyl (C=O) groups is 1.